The summed E-state index contributed by atoms with van der Waals surface area (Å²) in [7, 11) is 0. The lowest BCUT2D eigenvalue weighted by atomic mass is 9.97. The lowest BCUT2D eigenvalue weighted by molar-refractivity contribution is -0.153. The highest BCUT2D eigenvalue weighted by Gasteiger charge is 2.22. The molecule has 1 rings (SSSR count). The molecule has 0 saturated carbocycles. The van der Waals surface area contributed by atoms with Gasteiger partial charge in [-0.15, -0.1) is 0 Å². The van der Waals surface area contributed by atoms with E-state index in [4.69, 9.17) is 19.3 Å². The molecule has 0 aromatic heterocycles. The molecule has 26 heavy (non-hydrogen) atoms. The minimum absolute atomic E-state index is 0.0928. The first-order chi connectivity index (χ1) is 12.3. The zero-order valence-electron chi connectivity index (χ0n) is 15.7. The molecule has 0 aliphatic rings. The Labute approximate surface area is 154 Å². The summed E-state index contributed by atoms with van der Waals surface area (Å²) in [5.41, 5.74) is 0.263. The van der Waals surface area contributed by atoms with E-state index in [0.29, 0.717) is 25.2 Å². The lowest BCUT2D eigenvalue weighted by Gasteiger charge is -2.16. The van der Waals surface area contributed by atoms with Crippen LogP contribution in [0, 0.1) is 5.41 Å². The number of ether oxygens (including phenoxy) is 3. The Kier molecular flexibility index (Phi) is 9.44. The van der Waals surface area contributed by atoms with E-state index >= 15 is 0 Å². The standard InChI is InChI=1S/C20H28O6/c1-20(2,3)19(23)26-14-13-24-17-8-6-7-16(15-17)9-10-18(22)25-12-5-4-11-21/h6-10,15,21H,4-5,11-14H2,1-3H3/b10-9+. The first-order valence-corrected chi connectivity index (χ1v) is 8.68. The summed E-state index contributed by atoms with van der Waals surface area (Å²) in [6.07, 6.45) is 4.24. The number of hydrogen-bond donors (Lipinski definition) is 1. The number of aliphatic hydroxyl groups is 1. The minimum Gasteiger partial charge on any atom is -0.490 e. The zero-order chi connectivity index (χ0) is 19.4. The lowest BCUT2D eigenvalue weighted by Crippen LogP contribution is -2.24. The van der Waals surface area contributed by atoms with E-state index in [1.54, 1.807) is 39.0 Å². The van der Waals surface area contributed by atoms with Gasteiger partial charge in [-0.25, -0.2) is 4.79 Å². The van der Waals surface area contributed by atoms with Crippen LogP contribution in [0.25, 0.3) is 6.08 Å². The molecule has 0 spiro atoms. The molecule has 0 heterocycles. The molecule has 1 aromatic carbocycles. The SMILES string of the molecule is CC(C)(C)C(=O)OCCOc1cccc(/C=C/C(=O)OCCCCO)c1. The molecule has 6 heteroatoms. The van der Waals surface area contributed by atoms with E-state index in [-0.39, 0.29) is 25.8 Å². The van der Waals surface area contributed by atoms with Crippen LogP contribution in [0.4, 0.5) is 0 Å². The summed E-state index contributed by atoms with van der Waals surface area (Å²) in [5, 5.41) is 8.66. The van der Waals surface area contributed by atoms with Crippen LogP contribution in [-0.2, 0) is 19.1 Å². The average molecular weight is 364 g/mol. The second-order valence-electron chi connectivity index (χ2n) is 6.74. The molecule has 6 nitrogen and oxygen atoms in total. The smallest absolute Gasteiger partial charge is 0.330 e. The predicted octanol–water partition coefficient (Wildman–Crippen LogP) is 2.98. The van der Waals surface area contributed by atoms with Gasteiger partial charge in [-0.2, -0.15) is 0 Å². The van der Waals surface area contributed by atoms with E-state index in [1.165, 1.54) is 6.08 Å². The normalized spacial score (nSPS) is 11.4. The van der Waals surface area contributed by atoms with Gasteiger partial charge in [0, 0.05) is 12.7 Å². The van der Waals surface area contributed by atoms with Gasteiger partial charge in [0.2, 0.25) is 0 Å². The highest BCUT2D eigenvalue weighted by atomic mass is 16.6. The van der Waals surface area contributed by atoms with Crippen LogP contribution in [0.15, 0.2) is 30.3 Å². The largest absolute Gasteiger partial charge is 0.490 e. The van der Waals surface area contributed by atoms with E-state index in [9.17, 15) is 9.59 Å². The molecule has 0 atom stereocenters. The molecule has 0 unspecified atom stereocenters. The second kappa shape index (κ2) is 11.3. The first-order valence-electron chi connectivity index (χ1n) is 8.68. The average Bonchev–Trinajstić information content (AvgIpc) is 2.60. The van der Waals surface area contributed by atoms with Crippen LogP contribution in [0.1, 0.15) is 39.2 Å². The molecule has 0 aliphatic carbocycles. The fourth-order valence-electron chi connectivity index (χ4n) is 1.82. The summed E-state index contributed by atoms with van der Waals surface area (Å²) in [4.78, 5) is 23.2. The Hall–Kier alpha value is -2.34. The van der Waals surface area contributed by atoms with Crippen LogP contribution in [-0.4, -0.2) is 43.5 Å². The van der Waals surface area contributed by atoms with E-state index in [2.05, 4.69) is 0 Å². The monoisotopic (exact) mass is 364 g/mol. The Bertz CT molecular complexity index is 601. The molecule has 144 valence electrons. The van der Waals surface area contributed by atoms with Gasteiger partial charge >= 0.3 is 11.9 Å². The van der Waals surface area contributed by atoms with Gasteiger partial charge in [-0.1, -0.05) is 12.1 Å². The van der Waals surface area contributed by atoms with Gasteiger partial charge in [-0.3, -0.25) is 4.79 Å². The summed E-state index contributed by atoms with van der Waals surface area (Å²) >= 11 is 0. The van der Waals surface area contributed by atoms with Crippen LogP contribution >= 0.6 is 0 Å². The Morgan fingerprint density at radius 3 is 2.54 bits per heavy atom. The first kappa shape index (κ1) is 21.7. The van der Waals surface area contributed by atoms with Crippen molar-refractivity contribution in [1.82, 2.24) is 0 Å². The molecule has 0 aliphatic heterocycles. The number of aliphatic hydroxyl groups excluding tert-OH is 1. The number of carbonyl (C=O) groups excluding carboxylic acids is 2. The number of benzene rings is 1. The quantitative estimate of drug-likeness (QED) is 0.390. The van der Waals surface area contributed by atoms with Crippen molar-refractivity contribution in [3.05, 3.63) is 35.9 Å². The predicted molar refractivity (Wildman–Crippen MR) is 98.7 cm³/mol. The van der Waals surface area contributed by atoms with Gasteiger partial charge in [0.1, 0.15) is 19.0 Å². The van der Waals surface area contributed by atoms with Crippen molar-refractivity contribution in [1.29, 1.82) is 0 Å². The van der Waals surface area contributed by atoms with Crippen LogP contribution < -0.4 is 4.74 Å². The van der Waals surface area contributed by atoms with Crippen molar-refractivity contribution < 1.29 is 28.9 Å². The van der Waals surface area contributed by atoms with E-state index in [1.807, 2.05) is 12.1 Å². The van der Waals surface area contributed by atoms with E-state index < -0.39 is 11.4 Å². The summed E-state index contributed by atoms with van der Waals surface area (Å²) in [5.74, 6) is -0.0751. The third kappa shape index (κ3) is 9.22. The van der Waals surface area contributed by atoms with Crippen molar-refractivity contribution in [3.8, 4) is 5.75 Å². The van der Waals surface area contributed by atoms with Crippen molar-refractivity contribution in [2.24, 2.45) is 5.41 Å². The third-order valence-corrected chi connectivity index (χ3v) is 3.26. The van der Waals surface area contributed by atoms with Crippen LogP contribution in [0.2, 0.25) is 0 Å². The molecular weight excluding hydrogens is 336 g/mol. The molecule has 0 bridgehead atoms. The van der Waals surface area contributed by atoms with Crippen molar-refractivity contribution >= 4 is 18.0 Å². The number of unbranched alkanes of at least 4 members (excludes halogenated alkanes) is 1. The number of esters is 2. The Balaban J connectivity index is 2.39. The molecule has 0 radical (unpaired) electrons. The molecule has 1 aromatic rings. The Morgan fingerprint density at radius 1 is 1.08 bits per heavy atom. The van der Waals surface area contributed by atoms with Crippen molar-refractivity contribution in [3.63, 3.8) is 0 Å². The summed E-state index contributed by atoms with van der Waals surface area (Å²) in [6.45, 7) is 6.20. The van der Waals surface area contributed by atoms with Gasteiger partial charge in [0.25, 0.3) is 0 Å². The third-order valence-electron chi connectivity index (χ3n) is 3.26. The highest BCUT2D eigenvalue weighted by molar-refractivity contribution is 5.87. The molecule has 0 saturated heterocycles. The number of hydrogen-bond acceptors (Lipinski definition) is 6. The van der Waals surface area contributed by atoms with Crippen molar-refractivity contribution in [2.45, 2.75) is 33.6 Å². The topological polar surface area (TPSA) is 82.1 Å². The van der Waals surface area contributed by atoms with Gasteiger partial charge in [0.15, 0.2) is 0 Å². The maximum atomic E-state index is 11.6. The minimum atomic E-state index is -0.530. The molecule has 0 amide bonds. The molecule has 0 fully saturated rings. The fraction of sp³-hybridized carbons (Fsp3) is 0.500. The summed E-state index contributed by atoms with van der Waals surface area (Å²) in [6, 6.07) is 7.21. The van der Waals surface area contributed by atoms with Crippen molar-refractivity contribution in [2.75, 3.05) is 26.4 Å². The summed E-state index contributed by atoms with van der Waals surface area (Å²) < 4.78 is 15.7. The molecular formula is C20H28O6. The van der Waals surface area contributed by atoms with Gasteiger partial charge < -0.3 is 19.3 Å². The zero-order valence-corrected chi connectivity index (χ0v) is 15.7. The molecule has 1 N–H and O–H groups in total. The van der Waals surface area contributed by atoms with Gasteiger partial charge in [-0.05, 0) is 57.4 Å². The van der Waals surface area contributed by atoms with Crippen LogP contribution in [0.5, 0.6) is 5.75 Å². The fourth-order valence-corrected chi connectivity index (χ4v) is 1.82. The second-order valence-corrected chi connectivity index (χ2v) is 6.74. The maximum Gasteiger partial charge on any atom is 0.330 e. The number of carbonyl (C=O) groups is 2. The highest BCUT2D eigenvalue weighted by Crippen LogP contribution is 2.16. The van der Waals surface area contributed by atoms with E-state index in [0.717, 1.165) is 5.56 Å². The maximum absolute atomic E-state index is 11.6. The van der Waals surface area contributed by atoms with Crippen LogP contribution in [0.3, 0.4) is 0 Å². The number of rotatable bonds is 10. The Morgan fingerprint density at radius 2 is 1.85 bits per heavy atom. The van der Waals surface area contributed by atoms with Gasteiger partial charge in [0.05, 0.1) is 12.0 Å².